The molecule has 1 saturated heterocycles. The molecule has 162 valence electrons. The normalized spacial score (nSPS) is 21.8. The Morgan fingerprint density at radius 1 is 1.17 bits per heavy atom. The highest BCUT2D eigenvalue weighted by molar-refractivity contribution is 14.0. The van der Waals surface area contributed by atoms with Crippen LogP contribution in [0.3, 0.4) is 0 Å². The highest BCUT2D eigenvalue weighted by Crippen LogP contribution is 2.33. The number of nitrogens with one attached hydrogen (secondary N) is 3. The van der Waals surface area contributed by atoms with E-state index in [4.69, 9.17) is 4.74 Å². The Hall–Kier alpha value is -1.35. The van der Waals surface area contributed by atoms with Crippen LogP contribution in [0.4, 0.5) is 0 Å². The molecule has 1 amide bonds. The van der Waals surface area contributed by atoms with Crippen LogP contribution in [0, 0.1) is 12.8 Å². The predicted molar refractivity (Wildman–Crippen MR) is 128 cm³/mol. The molecule has 0 bridgehead atoms. The molecule has 0 spiro atoms. The molecule has 3 rings (SSSR count). The van der Waals surface area contributed by atoms with Crippen molar-refractivity contribution in [2.75, 3.05) is 26.7 Å². The summed E-state index contributed by atoms with van der Waals surface area (Å²) in [5.41, 5.74) is 2.52. The number of aliphatic imine (C=N–C) groups is 1. The minimum absolute atomic E-state index is 0. The van der Waals surface area contributed by atoms with Gasteiger partial charge in [0.1, 0.15) is 0 Å². The van der Waals surface area contributed by atoms with E-state index in [1.165, 1.54) is 11.1 Å². The quantitative estimate of drug-likeness (QED) is 0.216. The number of guanidine groups is 1. The minimum atomic E-state index is 0. The summed E-state index contributed by atoms with van der Waals surface area (Å²) in [6.07, 6.45) is 6.00. The van der Waals surface area contributed by atoms with Gasteiger partial charge in [0, 0.05) is 45.1 Å². The van der Waals surface area contributed by atoms with Crippen molar-refractivity contribution in [2.24, 2.45) is 10.9 Å². The number of hydrogen-bond acceptors (Lipinski definition) is 3. The number of benzene rings is 1. The fourth-order valence-corrected chi connectivity index (χ4v) is 3.61. The molecule has 0 aromatic heterocycles. The van der Waals surface area contributed by atoms with Gasteiger partial charge in [-0.05, 0) is 44.6 Å². The Kier molecular flexibility index (Phi) is 10.2. The van der Waals surface area contributed by atoms with Crippen molar-refractivity contribution in [3.8, 4) is 0 Å². The van der Waals surface area contributed by atoms with Crippen molar-refractivity contribution in [1.29, 1.82) is 0 Å². The number of amides is 1. The van der Waals surface area contributed by atoms with Gasteiger partial charge in [-0.15, -0.1) is 24.0 Å². The van der Waals surface area contributed by atoms with Crippen molar-refractivity contribution >= 4 is 35.8 Å². The number of nitrogens with zero attached hydrogens (tertiary/aromatic N) is 1. The summed E-state index contributed by atoms with van der Waals surface area (Å²) in [6, 6.07) is 9.10. The molecule has 1 aliphatic carbocycles. The molecular weight excluding hydrogens is 479 g/mol. The summed E-state index contributed by atoms with van der Waals surface area (Å²) in [5.74, 6) is 1.36. The van der Waals surface area contributed by atoms with Gasteiger partial charge in [-0.1, -0.05) is 29.8 Å². The van der Waals surface area contributed by atoms with Gasteiger partial charge < -0.3 is 20.7 Å². The lowest BCUT2D eigenvalue weighted by molar-refractivity contribution is -0.121. The fourth-order valence-electron chi connectivity index (χ4n) is 3.61. The van der Waals surface area contributed by atoms with Crippen LogP contribution >= 0.6 is 24.0 Å². The van der Waals surface area contributed by atoms with Crippen molar-refractivity contribution in [2.45, 2.75) is 57.6 Å². The highest BCUT2D eigenvalue weighted by Gasteiger charge is 2.27. The first-order valence-corrected chi connectivity index (χ1v) is 10.6. The molecule has 7 heteroatoms. The zero-order chi connectivity index (χ0) is 19.8. The van der Waals surface area contributed by atoms with Crippen LogP contribution in [-0.2, 0) is 9.53 Å². The predicted octanol–water partition coefficient (Wildman–Crippen LogP) is 3.30. The van der Waals surface area contributed by atoms with E-state index in [9.17, 15) is 4.79 Å². The maximum atomic E-state index is 11.7. The molecule has 2 unspecified atom stereocenters. The minimum Gasteiger partial charge on any atom is -0.373 e. The molecule has 0 radical (unpaired) electrons. The van der Waals surface area contributed by atoms with Gasteiger partial charge >= 0.3 is 0 Å². The number of aryl methyl sites for hydroxylation is 1. The monoisotopic (exact) mass is 514 g/mol. The smallest absolute Gasteiger partial charge is 0.220 e. The van der Waals surface area contributed by atoms with Crippen LogP contribution < -0.4 is 16.0 Å². The van der Waals surface area contributed by atoms with Gasteiger partial charge in [-0.25, -0.2) is 0 Å². The number of carbonyl (C=O) groups excluding carboxylic acids is 1. The zero-order valence-electron chi connectivity index (χ0n) is 17.6. The molecule has 3 N–H and O–H groups in total. The average molecular weight is 514 g/mol. The first-order chi connectivity index (χ1) is 13.7. The Morgan fingerprint density at radius 2 is 1.93 bits per heavy atom. The molecule has 1 heterocycles. The molecule has 2 fully saturated rings. The van der Waals surface area contributed by atoms with Crippen molar-refractivity contribution in [3.05, 3.63) is 35.4 Å². The molecule has 1 aromatic carbocycles. The second-order valence-corrected chi connectivity index (χ2v) is 7.93. The van der Waals surface area contributed by atoms with E-state index < -0.39 is 0 Å². The topological polar surface area (TPSA) is 74.8 Å². The largest absolute Gasteiger partial charge is 0.373 e. The van der Waals surface area contributed by atoms with E-state index in [1.807, 2.05) is 0 Å². The van der Waals surface area contributed by atoms with Gasteiger partial charge in [-0.2, -0.15) is 0 Å². The molecule has 1 aromatic rings. The van der Waals surface area contributed by atoms with E-state index in [-0.39, 0.29) is 36.0 Å². The lowest BCUT2D eigenvalue weighted by Crippen LogP contribution is -2.42. The van der Waals surface area contributed by atoms with Gasteiger partial charge in [0.2, 0.25) is 5.91 Å². The Balaban J connectivity index is 0.00000300. The number of halogens is 1. The summed E-state index contributed by atoms with van der Waals surface area (Å²) < 4.78 is 6.10. The van der Waals surface area contributed by atoms with Crippen molar-refractivity contribution in [1.82, 2.24) is 16.0 Å². The average Bonchev–Trinajstić information content (AvgIpc) is 3.52. The van der Waals surface area contributed by atoms with Gasteiger partial charge in [0.05, 0.1) is 6.10 Å². The second kappa shape index (κ2) is 12.4. The third-order valence-corrected chi connectivity index (χ3v) is 5.42. The number of ether oxygens (including phenoxy) is 1. The number of hydrogen-bond donors (Lipinski definition) is 3. The van der Waals surface area contributed by atoms with Crippen LogP contribution in [-0.4, -0.2) is 44.7 Å². The van der Waals surface area contributed by atoms with Crippen molar-refractivity contribution in [3.63, 3.8) is 0 Å². The van der Waals surface area contributed by atoms with Crippen molar-refractivity contribution < 1.29 is 9.53 Å². The van der Waals surface area contributed by atoms with Crippen LogP contribution in [0.15, 0.2) is 29.3 Å². The van der Waals surface area contributed by atoms with Gasteiger partial charge in [0.15, 0.2) is 5.96 Å². The lowest BCUT2D eigenvalue weighted by atomic mass is 9.89. The molecule has 1 aliphatic heterocycles. The third kappa shape index (κ3) is 8.12. The first kappa shape index (κ1) is 23.9. The van der Waals surface area contributed by atoms with E-state index in [0.29, 0.717) is 18.4 Å². The second-order valence-electron chi connectivity index (χ2n) is 7.93. The van der Waals surface area contributed by atoms with E-state index in [2.05, 4.69) is 52.1 Å². The number of rotatable bonds is 8. The third-order valence-electron chi connectivity index (χ3n) is 5.42. The lowest BCUT2D eigenvalue weighted by Gasteiger charge is -2.32. The molecule has 29 heavy (non-hydrogen) atoms. The summed E-state index contributed by atoms with van der Waals surface area (Å²) in [7, 11) is 1.78. The molecule has 2 atom stereocenters. The van der Waals surface area contributed by atoms with Crippen LogP contribution in [0.25, 0.3) is 0 Å². The van der Waals surface area contributed by atoms with E-state index in [1.54, 1.807) is 7.05 Å². The zero-order valence-corrected chi connectivity index (χ0v) is 19.9. The van der Waals surface area contributed by atoms with E-state index in [0.717, 1.165) is 57.8 Å². The maximum Gasteiger partial charge on any atom is 0.220 e. The Labute approximate surface area is 191 Å². The molecule has 2 aliphatic rings. The molecular formula is C22H35IN4O2. The number of carbonyl (C=O) groups is 1. The molecule has 6 nitrogen and oxygen atoms in total. The van der Waals surface area contributed by atoms with E-state index >= 15 is 0 Å². The van der Waals surface area contributed by atoms with Crippen LogP contribution in [0.2, 0.25) is 0 Å². The molecule has 1 saturated carbocycles. The summed E-state index contributed by atoms with van der Waals surface area (Å²) in [4.78, 5) is 16.0. The fraction of sp³-hybridized carbons (Fsp3) is 0.636. The van der Waals surface area contributed by atoms with Gasteiger partial charge in [-0.3, -0.25) is 9.79 Å². The standard InChI is InChI=1S/C22H34N4O2.HI/c1-16-7-9-17(10-8-16)21-18(5-4-14-28-21)15-25-22(23-2)24-13-3-6-20(27)26-19-11-12-19;/h7-10,18-19,21H,3-6,11-15H2,1-2H3,(H,26,27)(H2,23,24,25);1H. The summed E-state index contributed by atoms with van der Waals surface area (Å²) in [6.45, 7) is 4.49. The summed E-state index contributed by atoms with van der Waals surface area (Å²) in [5, 5.41) is 9.77. The Bertz CT molecular complexity index is 661. The highest BCUT2D eigenvalue weighted by atomic mass is 127. The SMILES string of the molecule is CN=C(NCCCC(=O)NC1CC1)NCC1CCCOC1c1ccc(C)cc1.I. The van der Waals surface area contributed by atoms with Crippen LogP contribution in [0.1, 0.15) is 55.8 Å². The maximum absolute atomic E-state index is 11.7. The Morgan fingerprint density at radius 3 is 2.62 bits per heavy atom. The van der Waals surface area contributed by atoms with Crippen LogP contribution in [0.5, 0.6) is 0 Å². The van der Waals surface area contributed by atoms with Gasteiger partial charge in [0.25, 0.3) is 0 Å². The summed E-state index contributed by atoms with van der Waals surface area (Å²) >= 11 is 0. The first-order valence-electron chi connectivity index (χ1n) is 10.6.